The first-order valence-corrected chi connectivity index (χ1v) is 12.3. The molecule has 33 heavy (non-hydrogen) atoms. The molecule has 10 nitrogen and oxygen atoms in total. The van der Waals surface area contributed by atoms with Crippen LogP contribution in [-0.4, -0.2) is 49.0 Å². The number of hydrogen-bond donors (Lipinski definition) is 1. The summed E-state index contributed by atoms with van der Waals surface area (Å²) in [6.07, 6.45) is -0.864. The number of aliphatic hydroxyl groups excluding tert-OH is 1. The number of amides is 1. The minimum absolute atomic E-state index is 0.00694. The van der Waals surface area contributed by atoms with Crippen LogP contribution >= 0.6 is 45.9 Å². The van der Waals surface area contributed by atoms with E-state index in [4.69, 9.17) is 28.0 Å². The van der Waals surface area contributed by atoms with E-state index in [2.05, 4.69) is 0 Å². The lowest BCUT2D eigenvalue weighted by Gasteiger charge is -2.15. The molecular formula is C19H20Cl2N4O6S2. The van der Waals surface area contributed by atoms with E-state index in [0.717, 1.165) is 32.3 Å². The number of rotatable bonds is 5. The molecule has 4 rings (SSSR count). The van der Waals surface area contributed by atoms with Crippen molar-refractivity contribution in [1.29, 1.82) is 0 Å². The van der Waals surface area contributed by atoms with Crippen molar-refractivity contribution >= 4 is 62.0 Å². The van der Waals surface area contributed by atoms with E-state index in [9.17, 15) is 24.3 Å². The Hall–Kier alpha value is -1.96. The summed E-state index contributed by atoms with van der Waals surface area (Å²) >= 11 is 14.0. The summed E-state index contributed by atoms with van der Waals surface area (Å²) in [5.74, 6) is -0.567. The highest BCUT2D eigenvalue weighted by Gasteiger charge is 2.33. The number of aliphatic hydroxyl groups is 1. The molecule has 0 bridgehead atoms. The zero-order chi connectivity index (χ0) is 24.2. The van der Waals surface area contributed by atoms with Crippen molar-refractivity contribution in [2.75, 3.05) is 13.2 Å². The van der Waals surface area contributed by atoms with Gasteiger partial charge in [-0.1, -0.05) is 48.4 Å². The van der Waals surface area contributed by atoms with Gasteiger partial charge in [-0.25, -0.2) is 9.86 Å². The van der Waals surface area contributed by atoms with Crippen molar-refractivity contribution in [2.24, 2.45) is 13.0 Å². The van der Waals surface area contributed by atoms with Crippen LogP contribution in [0.2, 0.25) is 9.49 Å². The van der Waals surface area contributed by atoms with Gasteiger partial charge in [0.05, 0.1) is 24.0 Å². The number of thiazole rings is 1. The number of hydroxylamine groups is 2. The molecule has 1 saturated heterocycles. The number of thiophene rings is 1. The van der Waals surface area contributed by atoms with Crippen molar-refractivity contribution < 1.29 is 14.7 Å². The van der Waals surface area contributed by atoms with Crippen LogP contribution in [0.4, 0.5) is 0 Å². The molecule has 178 valence electrons. The molecule has 0 saturated carbocycles. The Morgan fingerprint density at radius 1 is 1.21 bits per heavy atom. The number of carbonyl (C=O) groups is 1. The molecule has 0 aliphatic carbocycles. The second-order valence-corrected chi connectivity index (χ2v) is 11.1. The van der Waals surface area contributed by atoms with Gasteiger partial charge in [-0.2, -0.15) is 0 Å². The fourth-order valence-electron chi connectivity index (χ4n) is 3.62. The molecule has 3 aromatic heterocycles. The summed E-state index contributed by atoms with van der Waals surface area (Å²) in [4.78, 5) is 57.4. The SMILES string of the molecule is CC(C)Cn1c(=O)n(C)c(=O)c2c(C(=O)N3CC(O)CO3)c(Cn3c(Cl)c(Cl)sc3=O)sc21. The quantitative estimate of drug-likeness (QED) is 0.533. The van der Waals surface area contributed by atoms with E-state index in [-0.39, 0.29) is 46.1 Å². The molecule has 1 aliphatic rings. The smallest absolute Gasteiger partial charge is 0.331 e. The Morgan fingerprint density at radius 2 is 1.91 bits per heavy atom. The molecular weight excluding hydrogens is 515 g/mol. The van der Waals surface area contributed by atoms with E-state index in [1.54, 1.807) is 0 Å². The molecule has 1 N–H and O–H groups in total. The Labute approximate surface area is 204 Å². The van der Waals surface area contributed by atoms with Gasteiger partial charge in [-0.05, 0) is 5.92 Å². The van der Waals surface area contributed by atoms with Crippen LogP contribution in [0.1, 0.15) is 29.1 Å². The van der Waals surface area contributed by atoms with Gasteiger partial charge < -0.3 is 5.11 Å². The van der Waals surface area contributed by atoms with Crippen molar-refractivity contribution in [3.05, 3.63) is 50.4 Å². The topological polar surface area (TPSA) is 116 Å². The average molecular weight is 535 g/mol. The lowest BCUT2D eigenvalue weighted by Crippen LogP contribution is -2.39. The molecule has 1 fully saturated rings. The number of β-amino-alcohol motifs (C(OH)–C–C–N with tert-alkyl or cyclic N) is 1. The van der Waals surface area contributed by atoms with E-state index < -0.39 is 28.1 Å². The van der Waals surface area contributed by atoms with Crippen LogP contribution in [0.5, 0.6) is 0 Å². The Bertz CT molecular complexity index is 1430. The average Bonchev–Trinajstić information content (AvgIpc) is 3.41. The first-order valence-electron chi connectivity index (χ1n) is 9.93. The number of aromatic nitrogens is 3. The third-order valence-electron chi connectivity index (χ3n) is 5.13. The maximum absolute atomic E-state index is 13.5. The van der Waals surface area contributed by atoms with Crippen LogP contribution in [0.25, 0.3) is 10.2 Å². The minimum Gasteiger partial charge on any atom is -0.389 e. The van der Waals surface area contributed by atoms with Crippen LogP contribution in [0.15, 0.2) is 14.4 Å². The lowest BCUT2D eigenvalue weighted by atomic mass is 10.1. The van der Waals surface area contributed by atoms with Crippen molar-refractivity contribution in [3.63, 3.8) is 0 Å². The Morgan fingerprint density at radius 3 is 2.45 bits per heavy atom. The molecule has 0 radical (unpaired) electrons. The van der Waals surface area contributed by atoms with Gasteiger partial charge in [0, 0.05) is 18.5 Å². The predicted molar refractivity (Wildman–Crippen MR) is 127 cm³/mol. The summed E-state index contributed by atoms with van der Waals surface area (Å²) < 4.78 is 3.72. The number of halogens is 2. The predicted octanol–water partition coefficient (Wildman–Crippen LogP) is 1.74. The Balaban J connectivity index is 2.02. The van der Waals surface area contributed by atoms with Gasteiger partial charge >= 0.3 is 10.6 Å². The highest BCUT2D eigenvalue weighted by atomic mass is 35.5. The van der Waals surface area contributed by atoms with E-state index in [1.807, 2.05) is 13.8 Å². The first kappa shape index (κ1) is 24.2. The number of hydrogen-bond acceptors (Lipinski definition) is 8. The number of fused-ring (bicyclic) bond motifs is 1. The molecule has 1 unspecified atom stereocenters. The lowest BCUT2D eigenvalue weighted by molar-refractivity contribution is -0.0778. The van der Waals surface area contributed by atoms with Gasteiger partial charge in [0.25, 0.3) is 11.5 Å². The summed E-state index contributed by atoms with van der Waals surface area (Å²) in [5.41, 5.74) is -1.13. The molecule has 3 aromatic rings. The first-order chi connectivity index (χ1) is 15.5. The van der Waals surface area contributed by atoms with Crippen LogP contribution in [-0.2, 0) is 25.0 Å². The highest BCUT2D eigenvalue weighted by Crippen LogP contribution is 2.33. The fourth-order valence-corrected chi connectivity index (χ4v) is 6.11. The second kappa shape index (κ2) is 9.01. The van der Waals surface area contributed by atoms with E-state index >= 15 is 0 Å². The number of carbonyl (C=O) groups excluding carboxylic acids is 1. The summed E-state index contributed by atoms with van der Waals surface area (Å²) in [6, 6.07) is 0. The summed E-state index contributed by atoms with van der Waals surface area (Å²) in [5, 5.41) is 10.9. The largest absolute Gasteiger partial charge is 0.389 e. The van der Waals surface area contributed by atoms with Crippen molar-refractivity contribution in [2.45, 2.75) is 33.0 Å². The number of nitrogens with zero attached hydrogens (tertiary/aromatic N) is 4. The summed E-state index contributed by atoms with van der Waals surface area (Å²) in [7, 11) is 1.35. The standard InChI is InChI=1S/C19H20Cl2N4O6S2/c1-8(2)4-24-17-12(15(27)22(3)18(24)29)11(16(28)25-5-9(26)7-31-25)10(32-17)6-23-13(20)14(21)33-19(23)30/h8-9,26H,4-7H2,1-3H3. The monoisotopic (exact) mass is 534 g/mol. The van der Waals surface area contributed by atoms with Gasteiger partial charge in [-0.3, -0.25) is 32.9 Å². The van der Waals surface area contributed by atoms with Gasteiger partial charge in [0.15, 0.2) is 0 Å². The molecule has 1 atom stereocenters. The molecule has 0 aromatic carbocycles. The zero-order valence-corrected chi connectivity index (χ0v) is 21.0. The van der Waals surface area contributed by atoms with Gasteiger partial charge in [0.2, 0.25) is 0 Å². The van der Waals surface area contributed by atoms with Gasteiger partial charge in [-0.15, -0.1) is 11.3 Å². The van der Waals surface area contributed by atoms with E-state index in [1.165, 1.54) is 16.2 Å². The molecule has 1 amide bonds. The fraction of sp³-hybridized carbons (Fsp3) is 0.474. The molecule has 0 spiro atoms. The third-order valence-corrected chi connectivity index (χ3v) is 8.11. The maximum atomic E-state index is 13.5. The zero-order valence-electron chi connectivity index (χ0n) is 17.8. The third kappa shape index (κ3) is 4.19. The Kier molecular flexibility index (Phi) is 6.60. The minimum atomic E-state index is -0.864. The molecule has 1 aliphatic heterocycles. The van der Waals surface area contributed by atoms with Crippen LogP contribution in [0, 0.1) is 5.92 Å². The van der Waals surface area contributed by atoms with Crippen LogP contribution < -0.4 is 16.1 Å². The second-order valence-electron chi connectivity index (χ2n) is 8.07. The van der Waals surface area contributed by atoms with Gasteiger partial charge in [0.1, 0.15) is 27.0 Å². The normalized spacial score (nSPS) is 16.5. The molecule has 4 heterocycles. The van der Waals surface area contributed by atoms with Crippen molar-refractivity contribution in [3.8, 4) is 0 Å². The summed E-state index contributed by atoms with van der Waals surface area (Å²) in [6.45, 7) is 3.90. The molecule has 14 heteroatoms. The highest BCUT2D eigenvalue weighted by molar-refractivity contribution is 7.19. The van der Waals surface area contributed by atoms with Crippen molar-refractivity contribution in [1.82, 2.24) is 18.8 Å². The van der Waals surface area contributed by atoms with Crippen LogP contribution in [0.3, 0.4) is 0 Å². The van der Waals surface area contributed by atoms with E-state index in [0.29, 0.717) is 16.3 Å². The maximum Gasteiger partial charge on any atom is 0.331 e.